The van der Waals surface area contributed by atoms with Crippen LogP contribution in [0.15, 0.2) is 53.0 Å². The highest BCUT2D eigenvalue weighted by atomic mass is 79.9. The van der Waals surface area contributed by atoms with Crippen LogP contribution in [0.25, 0.3) is 0 Å². The smallest absolute Gasteiger partial charge is 0.119 e. The predicted molar refractivity (Wildman–Crippen MR) is 131 cm³/mol. The van der Waals surface area contributed by atoms with E-state index in [4.69, 9.17) is 4.74 Å². The Bertz CT molecular complexity index is 823. The molecule has 2 aromatic carbocycles. The minimum absolute atomic E-state index is 0.677. The molecule has 0 radical (unpaired) electrons. The molecule has 5 heteroatoms. The Kier molecular flexibility index (Phi) is 8.05. The fourth-order valence-corrected chi connectivity index (χ4v) is 5.48. The second-order valence-corrected chi connectivity index (χ2v) is 10.1. The number of likely N-dealkylation sites (N-methyl/N-ethyl adjacent to an activating group) is 1. The predicted octanol–water partition coefficient (Wildman–Crippen LogP) is 4.88. The van der Waals surface area contributed by atoms with Gasteiger partial charge in [0, 0.05) is 30.1 Å². The van der Waals surface area contributed by atoms with Gasteiger partial charge in [-0.25, -0.2) is 0 Å². The lowest BCUT2D eigenvalue weighted by atomic mass is 9.90. The van der Waals surface area contributed by atoms with Crippen molar-refractivity contribution in [2.45, 2.75) is 38.3 Å². The molecule has 0 aliphatic carbocycles. The Labute approximate surface area is 196 Å². The number of hydrogen-bond acceptors (Lipinski definition) is 4. The lowest BCUT2D eigenvalue weighted by Crippen LogP contribution is -2.53. The van der Waals surface area contributed by atoms with Gasteiger partial charge in [0.15, 0.2) is 0 Å². The lowest BCUT2D eigenvalue weighted by Gasteiger charge is -2.43. The first-order chi connectivity index (χ1) is 15.1. The van der Waals surface area contributed by atoms with Gasteiger partial charge in [0.1, 0.15) is 5.75 Å². The normalized spacial score (nSPS) is 22.0. The average molecular weight is 486 g/mol. The molecule has 0 spiro atoms. The summed E-state index contributed by atoms with van der Waals surface area (Å²) in [6.45, 7) is 6.99. The van der Waals surface area contributed by atoms with E-state index in [2.05, 4.69) is 80.1 Å². The van der Waals surface area contributed by atoms with E-state index in [1.54, 1.807) is 7.11 Å². The molecule has 2 saturated heterocycles. The molecule has 2 heterocycles. The molecule has 4 nitrogen and oxygen atoms in total. The Morgan fingerprint density at radius 3 is 2.42 bits per heavy atom. The zero-order valence-corrected chi connectivity index (χ0v) is 20.6. The summed E-state index contributed by atoms with van der Waals surface area (Å²) in [5.41, 5.74) is 2.79. The molecule has 2 fully saturated rings. The molecule has 0 N–H and O–H groups in total. The summed E-state index contributed by atoms with van der Waals surface area (Å²) in [5.74, 6) is 1.72. The van der Waals surface area contributed by atoms with Gasteiger partial charge in [-0.3, -0.25) is 9.80 Å². The lowest BCUT2D eigenvalue weighted by molar-refractivity contribution is 0.0302. The van der Waals surface area contributed by atoms with Crippen molar-refractivity contribution in [3.05, 3.63) is 64.1 Å². The number of rotatable bonds is 7. The number of ether oxygens (including phenoxy) is 1. The monoisotopic (exact) mass is 485 g/mol. The van der Waals surface area contributed by atoms with Crippen molar-refractivity contribution in [1.29, 1.82) is 0 Å². The van der Waals surface area contributed by atoms with E-state index in [-0.39, 0.29) is 0 Å². The maximum atomic E-state index is 5.41. The molecule has 0 amide bonds. The molecule has 1 atom stereocenters. The summed E-state index contributed by atoms with van der Waals surface area (Å²) >= 11 is 3.72. The first-order valence-electron chi connectivity index (χ1n) is 11.6. The fourth-order valence-electron chi connectivity index (χ4n) is 5.07. The highest BCUT2D eigenvalue weighted by Crippen LogP contribution is 2.29. The van der Waals surface area contributed by atoms with E-state index in [1.165, 1.54) is 61.0 Å². The van der Waals surface area contributed by atoms with Crippen LogP contribution < -0.4 is 4.74 Å². The second-order valence-electron chi connectivity index (χ2n) is 9.28. The van der Waals surface area contributed by atoms with Crippen LogP contribution in [0, 0.1) is 5.92 Å². The largest absolute Gasteiger partial charge is 0.497 e. The fraction of sp³-hybridized carbons (Fsp3) is 0.538. The molecule has 0 bridgehead atoms. The zero-order chi connectivity index (χ0) is 21.6. The molecular formula is C26H36BrN3O. The molecule has 31 heavy (non-hydrogen) atoms. The molecule has 4 rings (SSSR count). The number of nitrogens with zero attached hydrogens (tertiary/aromatic N) is 3. The summed E-state index contributed by atoms with van der Waals surface area (Å²) in [6, 6.07) is 17.9. The van der Waals surface area contributed by atoms with Crippen LogP contribution in [-0.2, 0) is 13.0 Å². The number of halogens is 1. The second kappa shape index (κ2) is 11.0. The van der Waals surface area contributed by atoms with Crippen molar-refractivity contribution in [2.24, 2.45) is 5.92 Å². The third-order valence-corrected chi connectivity index (χ3v) is 7.79. The summed E-state index contributed by atoms with van der Waals surface area (Å²) in [6.07, 6.45) is 4.99. The molecule has 2 aromatic rings. The number of hydrogen-bond donors (Lipinski definition) is 0. The Morgan fingerprint density at radius 2 is 1.71 bits per heavy atom. The first kappa shape index (κ1) is 22.8. The highest BCUT2D eigenvalue weighted by molar-refractivity contribution is 9.10. The Hall–Kier alpha value is -1.40. The molecule has 0 aromatic heterocycles. The van der Waals surface area contributed by atoms with Gasteiger partial charge in [0.25, 0.3) is 0 Å². The van der Waals surface area contributed by atoms with Crippen LogP contribution in [0.3, 0.4) is 0 Å². The summed E-state index contributed by atoms with van der Waals surface area (Å²) < 4.78 is 6.62. The average Bonchev–Trinajstić information content (AvgIpc) is 2.79. The van der Waals surface area contributed by atoms with Gasteiger partial charge < -0.3 is 9.64 Å². The van der Waals surface area contributed by atoms with E-state index in [1.807, 2.05) is 6.07 Å². The number of methoxy groups -OCH3 is 1. The van der Waals surface area contributed by atoms with Crippen molar-refractivity contribution >= 4 is 15.9 Å². The van der Waals surface area contributed by atoms with E-state index in [9.17, 15) is 0 Å². The van der Waals surface area contributed by atoms with Gasteiger partial charge >= 0.3 is 0 Å². The van der Waals surface area contributed by atoms with E-state index in [0.29, 0.717) is 6.04 Å². The maximum absolute atomic E-state index is 5.41. The van der Waals surface area contributed by atoms with E-state index >= 15 is 0 Å². The van der Waals surface area contributed by atoms with Crippen LogP contribution in [0.5, 0.6) is 5.75 Å². The number of benzene rings is 2. The third-order valence-electron chi connectivity index (χ3n) is 7.01. The van der Waals surface area contributed by atoms with Crippen LogP contribution in [-0.4, -0.2) is 67.7 Å². The molecule has 2 aliphatic rings. The molecule has 2 aliphatic heterocycles. The SMILES string of the molecule is COc1ccc(Br)c(CC2CCN(CC3CCN(Cc4ccccc4)CN3C)CC2)c1. The molecular weight excluding hydrogens is 450 g/mol. The standard InChI is InChI=1S/C26H36BrN3O/c1-28-20-30(18-22-6-4-3-5-7-22)15-12-24(28)19-29-13-10-21(11-14-29)16-23-17-25(31-2)8-9-26(23)27/h3-9,17,21,24H,10-16,18-20H2,1-2H3. The number of piperidine rings is 1. The van der Waals surface area contributed by atoms with Crippen LogP contribution in [0.1, 0.15) is 30.4 Å². The molecule has 1 unspecified atom stereocenters. The van der Waals surface area contributed by atoms with Crippen molar-refractivity contribution < 1.29 is 4.74 Å². The highest BCUT2D eigenvalue weighted by Gasteiger charge is 2.28. The zero-order valence-electron chi connectivity index (χ0n) is 19.0. The van der Waals surface area contributed by atoms with Crippen molar-refractivity contribution in [2.75, 3.05) is 47.0 Å². The molecule has 168 valence electrons. The van der Waals surface area contributed by atoms with Gasteiger partial charge in [-0.15, -0.1) is 0 Å². The topological polar surface area (TPSA) is 19.0 Å². The van der Waals surface area contributed by atoms with Gasteiger partial charge in [-0.2, -0.15) is 0 Å². The van der Waals surface area contributed by atoms with Gasteiger partial charge in [-0.1, -0.05) is 46.3 Å². The van der Waals surface area contributed by atoms with Crippen molar-refractivity contribution in [1.82, 2.24) is 14.7 Å². The van der Waals surface area contributed by atoms with Gasteiger partial charge in [0.2, 0.25) is 0 Å². The van der Waals surface area contributed by atoms with E-state index < -0.39 is 0 Å². The van der Waals surface area contributed by atoms with Gasteiger partial charge in [-0.05, 0) is 81.1 Å². The van der Waals surface area contributed by atoms with Crippen molar-refractivity contribution in [3.8, 4) is 5.75 Å². The van der Waals surface area contributed by atoms with E-state index in [0.717, 1.165) is 31.3 Å². The summed E-state index contributed by atoms with van der Waals surface area (Å²) in [4.78, 5) is 7.83. The van der Waals surface area contributed by atoms with Crippen molar-refractivity contribution in [3.63, 3.8) is 0 Å². The summed E-state index contributed by atoms with van der Waals surface area (Å²) in [7, 11) is 4.05. The van der Waals surface area contributed by atoms with Crippen LogP contribution >= 0.6 is 15.9 Å². The summed E-state index contributed by atoms with van der Waals surface area (Å²) in [5, 5.41) is 0. The Morgan fingerprint density at radius 1 is 0.968 bits per heavy atom. The number of likely N-dealkylation sites (tertiary alicyclic amines) is 1. The minimum atomic E-state index is 0.677. The molecule has 0 saturated carbocycles. The first-order valence-corrected chi connectivity index (χ1v) is 12.4. The van der Waals surface area contributed by atoms with Crippen LogP contribution in [0.4, 0.5) is 0 Å². The van der Waals surface area contributed by atoms with Gasteiger partial charge in [0.05, 0.1) is 13.8 Å². The third kappa shape index (κ3) is 6.32. The maximum Gasteiger partial charge on any atom is 0.119 e. The quantitative estimate of drug-likeness (QED) is 0.556. The Balaban J connectivity index is 1.21. The minimum Gasteiger partial charge on any atom is -0.497 e. The van der Waals surface area contributed by atoms with Crippen LogP contribution in [0.2, 0.25) is 0 Å².